The lowest BCUT2D eigenvalue weighted by molar-refractivity contribution is 0.0746. The molecule has 2 aromatic rings. The summed E-state index contributed by atoms with van der Waals surface area (Å²) in [4.78, 5) is 28.9. The van der Waals surface area contributed by atoms with Crippen molar-refractivity contribution < 1.29 is 9.59 Å². The fraction of sp³-hybridized carbons (Fsp3) is 0.417. The third kappa shape index (κ3) is 5.32. The Labute approximate surface area is 179 Å². The van der Waals surface area contributed by atoms with Crippen molar-refractivity contribution in [3.8, 4) is 0 Å². The summed E-state index contributed by atoms with van der Waals surface area (Å²) in [7, 11) is 0. The van der Waals surface area contributed by atoms with Crippen molar-refractivity contribution in [2.45, 2.75) is 40.3 Å². The highest BCUT2D eigenvalue weighted by atomic mass is 16.2. The van der Waals surface area contributed by atoms with E-state index in [1.54, 1.807) is 0 Å². The SMILES string of the molecule is Cc1cccc(N2CCN(C(=O)c3ccc(CNC(=O)NC(C)C)cc3)CC2)c1C. The Kier molecular flexibility index (Phi) is 6.98. The molecule has 1 saturated heterocycles. The van der Waals surface area contributed by atoms with Crippen molar-refractivity contribution >= 4 is 17.6 Å². The quantitative estimate of drug-likeness (QED) is 0.796. The van der Waals surface area contributed by atoms with E-state index in [1.165, 1.54) is 16.8 Å². The molecule has 0 aromatic heterocycles. The zero-order valence-electron chi connectivity index (χ0n) is 18.4. The molecule has 6 heteroatoms. The number of hydrogen-bond acceptors (Lipinski definition) is 3. The number of piperazine rings is 1. The molecule has 2 aromatic carbocycles. The van der Waals surface area contributed by atoms with Crippen LogP contribution in [0.25, 0.3) is 0 Å². The Bertz CT molecular complexity index is 885. The molecule has 0 atom stereocenters. The number of rotatable bonds is 5. The molecule has 3 amide bonds. The largest absolute Gasteiger partial charge is 0.368 e. The number of nitrogens with one attached hydrogen (secondary N) is 2. The van der Waals surface area contributed by atoms with Crippen LogP contribution in [-0.2, 0) is 6.54 Å². The Morgan fingerprint density at radius 3 is 2.27 bits per heavy atom. The second kappa shape index (κ2) is 9.65. The molecule has 1 aliphatic rings. The number of amides is 3. The van der Waals surface area contributed by atoms with Crippen LogP contribution in [0.15, 0.2) is 42.5 Å². The van der Waals surface area contributed by atoms with E-state index in [2.05, 4.69) is 47.6 Å². The highest BCUT2D eigenvalue weighted by Crippen LogP contribution is 2.24. The van der Waals surface area contributed by atoms with E-state index in [0.717, 1.165) is 18.7 Å². The van der Waals surface area contributed by atoms with E-state index in [9.17, 15) is 9.59 Å². The van der Waals surface area contributed by atoms with Crippen LogP contribution in [0.1, 0.15) is 40.9 Å². The molecular weight excluding hydrogens is 376 g/mol. The molecule has 1 heterocycles. The van der Waals surface area contributed by atoms with Gasteiger partial charge in [-0.05, 0) is 62.6 Å². The van der Waals surface area contributed by atoms with Gasteiger partial charge in [0.05, 0.1) is 0 Å². The monoisotopic (exact) mass is 408 g/mol. The van der Waals surface area contributed by atoms with Crippen molar-refractivity contribution in [1.29, 1.82) is 0 Å². The van der Waals surface area contributed by atoms with Gasteiger partial charge in [0.2, 0.25) is 0 Å². The van der Waals surface area contributed by atoms with Gasteiger partial charge in [0.1, 0.15) is 0 Å². The third-order valence-electron chi connectivity index (χ3n) is 5.56. The number of carbonyl (C=O) groups excluding carboxylic acids is 2. The number of urea groups is 1. The zero-order chi connectivity index (χ0) is 21.7. The van der Waals surface area contributed by atoms with Gasteiger partial charge < -0.3 is 20.4 Å². The van der Waals surface area contributed by atoms with E-state index in [0.29, 0.717) is 25.2 Å². The molecule has 30 heavy (non-hydrogen) atoms. The Morgan fingerprint density at radius 1 is 0.967 bits per heavy atom. The molecule has 3 rings (SSSR count). The summed E-state index contributed by atoms with van der Waals surface area (Å²) in [6, 6.07) is 13.8. The van der Waals surface area contributed by atoms with Gasteiger partial charge in [-0.1, -0.05) is 24.3 Å². The van der Waals surface area contributed by atoms with Crippen molar-refractivity contribution in [2.75, 3.05) is 31.1 Å². The van der Waals surface area contributed by atoms with Crippen LogP contribution in [0.3, 0.4) is 0 Å². The number of hydrogen-bond donors (Lipinski definition) is 2. The lowest BCUT2D eigenvalue weighted by Crippen LogP contribution is -2.49. The van der Waals surface area contributed by atoms with Crippen LogP contribution in [-0.4, -0.2) is 49.1 Å². The van der Waals surface area contributed by atoms with Gasteiger partial charge in [0, 0.05) is 50.0 Å². The summed E-state index contributed by atoms with van der Waals surface area (Å²) in [5.41, 5.74) is 5.52. The molecule has 2 N–H and O–H groups in total. The third-order valence-corrected chi connectivity index (χ3v) is 5.56. The maximum atomic E-state index is 12.9. The lowest BCUT2D eigenvalue weighted by Gasteiger charge is -2.37. The highest BCUT2D eigenvalue weighted by Gasteiger charge is 2.23. The van der Waals surface area contributed by atoms with Crippen molar-refractivity contribution in [2.24, 2.45) is 0 Å². The first-order chi connectivity index (χ1) is 14.3. The van der Waals surface area contributed by atoms with Crippen molar-refractivity contribution in [3.63, 3.8) is 0 Å². The standard InChI is InChI=1S/C24H32N4O2/c1-17(2)26-24(30)25-16-20-8-10-21(11-9-20)23(29)28-14-12-27(13-15-28)22-7-5-6-18(3)19(22)4/h5-11,17H,12-16H2,1-4H3,(H2,25,26,30). The van der Waals surface area contributed by atoms with Crippen LogP contribution < -0.4 is 15.5 Å². The van der Waals surface area contributed by atoms with E-state index in [4.69, 9.17) is 0 Å². The average Bonchev–Trinajstić information content (AvgIpc) is 2.74. The number of benzene rings is 2. The van der Waals surface area contributed by atoms with Crippen molar-refractivity contribution in [3.05, 3.63) is 64.7 Å². The van der Waals surface area contributed by atoms with Crippen LogP contribution in [0.4, 0.5) is 10.5 Å². The summed E-state index contributed by atoms with van der Waals surface area (Å²) >= 11 is 0. The molecular formula is C24H32N4O2. The number of nitrogens with zero attached hydrogens (tertiary/aromatic N) is 2. The zero-order valence-corrected chi connectivity index (χ0v) is 18.4. The van der Waals surface area contributed by atoms with E-state index >= 15 is 0 Å². The van der Waals surface area contributed by atoms with Gasteiger partial charge in [-0.3, -0.25) is 4.79 Å². The molecule has 1 fully saturated rings. The van der Waals surface area contributed by atoms with Crippen LogP contribution in [0.5, 0.6) is 0 Å². The summed E-state index contributed by atoms with van der Waals surface area (Å²) < 4.78 is 0. The summed E-state index contributed by atoms with van der Waals surface area (Å²) in [6.45, 7) is 11.7. The van der Waals surface area contributed by atoms with Gasteiger partial charge in [-0.15, -0.1) is 0 Å². The lowest BCUT2D eigenvalue weighted by atomic mass is 10.1. The summed E-state index contributed by atoms with van der Waals surface area (Å²) in [5.74, 6) is 0.0627. The minimum absolute atomic E-state index is 0.0627. The maximum Gasteiger partial charge on any atom is 0.315 e. The molecule has 6 nitrogen and oxygen atoms in total. The number of anilines is 1. The molecule has 0 unspecified atom stereocenters. The molecule has 160 valence electrons. The Balaban J connectivity index is 1.53. The minimum atomic E-state index is -0.188. The summed E-state index contributed by atoms with van der Waals surface area (Å²) in [6.07, 6.45) is 0. The van der Waals surface area contributed by atoms with Crippen molar-refractivity contribution in [1.82, 2.24) is 15.5 Å². The van der Waals surface area contributed by atoms with Gasteiger partial charge in [0.15, 0.2) is 0 Å². The first-order valence-electron chi connectivity index (χ1n) is 10.6. The number of carbonyl (C=O) groups is 2. The smallest absolute Gasteiger partial charge is 0.315 e. The van der Waals surface area contributed by atoms with Crippen LogP contribution in [0.2, 0.25) is 0 Å². The molecule has 0 spiro atoms. The normalized spacial score (nSPS) is 14.0. The van der Waals surface area contributed by atoms with Crippen LogP contribution in [0, 0.1) is 13.8 Å². The van der Waals surface area contributed by atoms with E-state index in [-0.39, 0.29) is 18.0 Å². The second-order valence-corrected chi connectivity index (χ2v) is 8.18. The minimum Gasteiger partial charge on any atom is -0.368 e. The predicted octanol–water partition coefficient (Wildman–Crippen LogP) is 3.47. The molecule has 0 bridgehead atoms. The first-order valence-corrected chi connectivity index (χ1v) is 10.6. The molecule has 1 aliphatic heterocycles. The first kappa shape index (κ1) is 21.7. The molecule has 0 radical (unpaired) electrons. The fourth-order valence-corrected chi connectivity index (χ4v) is 3.67. The second-order valence-electron chi connectivity index (χ2n) is 8.18. The summed E-state index contributed by atoms with van der Waals surface area (Å²) in [5, 5.41) is 5.61. The van der Waals surface area contributed by atoms with E-state index < -0.39 is 0 Å². The van der Waals surface area contributed by atoms with Gasteiger partial charge in [-0.25, -0.2) is 4.79 Å². The molecule has 0 aliphatic carbocycles. The Morgan fingerprint density at radius 2 is 1.63 bits per heavy atom. The fourth-order valence-electron chi connectivity index (χ4n) is 3.67. The van der Waals surface area contributed by atoms with E-state index in [1.807, 2.05) is 43.0 Å². The molecule has 0 saturated carbocycles. The van der Waals surface area contributed by atoms with Gasteiger partial charge in [-0.2, -0.15) is 0 Å². The topological polar surface area (TPSA) is 64.7 Å². The van der Waals surface area contributed by atoms with Crippen LogP contribution >= 0.6 is 0 Å². The maximum absolute atomic E-state index is 12.9. The van der Waals surface area contributed by atoms with Gasteiger partial charge >= 0.3 is 6.03 Å². The number of aryl methyl sites for hydroxylation is 1. The predicted molar refractivity (Wildman–Crippen MR) is 121 cm³/mol. The highest BCUT2D eigenvalue weighted by molar-refractivity contribution is 5.94. The van der Waals surface area contributed by atoms with Gasteiger partial charge in [0.25, 0.3) is 5.91 Å². The Hall–Kier alpha value is -3.02. The average molecular weight is 409 g/mol.